The quantitative estimate of drug-likeness (QED) is 0.529. The van der Waals surface area contributed by atoms with Crippen molar-refractivity contribution in [2.24, 2.45) is 0 Å². The van der Waals surface area contributed by atoms with Crippen molar-refractivity contribution in [1.29, 1.82) is 0 Å². The molecule has 0 bridgehead atoms. The molecule has 2 aromatic carbocycles. The zero-order valence-corrected chi connectivity index (χ0v) is 19.0. The summed E-state index contributed by atoms with van der Waals surface area (Å²) in [7, 11) is -0.878. The van der Waals surface area contributed by atoms with Crippen LogP contribution in [0.15, 0.2) is 58.8 Å². The SMILES string of the molecule is CN(C)S(=O)(=O)c1cccc(C(=O)NNC(=O)Cc2csc(-c3ccccc3Cl)n2)c1. The molecule has 0 spiro atoms. The number of sulfonamides is 1. The van der Waals surface area contributed by atoms with Crippen molar-refractivity contribution in [3.8, 4) is 10.6 Å². The van der Waals surface area contributed by atoms with Crippen LogP contribution in [0.25, 0.3) is 10.6 Å². The smallest absolute Gasteiger partial charge is 0.269 e. The van der Waals surface area contributed by atoms with Crippen LogP contribution in [0.1, 0.15) is 16.1 Å². The maximum Gasteiger partial charge on any atom is 0.269 e. The minimum atomic E-state index is -3.68. The number of nitrogens with zero attached hydrogens (tertiary/aromatic N) is 2. The number of benzene rings is 2. The third-order valence-electron chi connectivity index (χ3n) is 4.19. The lowest BCUT2D eigenvalue weighted by Gasteiger charge is -2.12. The molecule has 0 fully saturated rings. The highest BCUT2D eigenvalue weighted by molar-refractivity contribution is 7.89. The van der Waals surface area contributed by atoms with E-state index in [-0.39, 0.29) is 16.9 Å². The standard InChI is InChI=1S/C20H19ClN4O4S2/c1-25(2)31(28,29)15-7-5-6-13(10-15)19(27)24-23-18(26)11-14-12-30-20(22-14)16-8-3-4-9-17(16)21/h3-10,12H,11H2,1-2H3,(H,23,26)(H,24,27). The van der Waals surface area contributed by atoms with E-state index in [2.05, 4.69) is 15.8 Å². The normalized spacial score (nSPS) is 11.4. The molecule has 1 aromatic heterocycles. The first kappa shape index (κ1) is 22.9. The fourth-order valence-electron chi connectivity index (χ4n) is 2.56. The van der Waals surface area contributed by atoms with Crippen LogP contribution in [0.5, 0.6) is 0 Å². The number of rotatable bonds is 6. The topological polar surface area (TPSA) is 108 Å². The Kier molecular flexibility index (Phi) is 7.06. The average Bonchev–Trinajstić information content (AvgIpc) is 3.20. The summed E-state index contributed by atoms with van der Waals surface area (Å²) < 4.78 is 25.5. The minimum Gasteiger partial charge on any atom is -0.273 e. The van der Waals surface area contributed by atoms with Crippen molar-refractivity contribution >= 4 is 44.8 Å². The van der Waals surface area contributed by atoms with Gasteiger partial charge in [-0.25, -0.2) is 17.7 Å². The zero-order chi connectivity index (χ0) is 22.6. The molecule has 0 unspecified atom stereocenters. The van der Waals surface area contributed by atoms with Crippen LogP contribution < -0.4 is 10.9 Å². The van der Waals surface area contributed by atoms with E-state index >= 15 is 0 Å². The molecule has 8 nitrogen and oxygen atoms in total. The number of carbonyl (C=O) groups excluding carboxylic acids is 2. The molecule has 31 heavy (non-hydrogen) atoms. The van der Waals surface area contributed by atoms with Crippen LogP contribution in [0.4, 0.5) is 0 Å². The number of hydrogen-bond acceptors (Lipinski definition) is 6. The van der Waals surface area contributed by atoms with Crippen molar-refractivity contribution in [2.75, 3.05) is 14.1 Å². The van der Waals surface area contributed by atoms with Gasteiger partial charge in [0, 0.05) is 30.6 Å². The molecule has 1 heterocycles. The van der Waals surface area contributed by atoms with E-state index in [0.29, 0.717) is 15.7 Å². The van der Waals surface area contributed by atoms with Crippen molar-refractivity contribution < 1.29 is 18.0 Å². The number of thiazole rings is 1. The lowest BCUT2D eigenvalue weighted by atomic mass is 10.2. The summed E-state index contributed by atoms with van der Waals surface area (Å²) in [6, 6.07) is 12.8. The van der Waals surface area contributed by atoms with E-state index in [1.165, 1.54) is 49.7 Å². The fraction of sp³-hybridized carbons (Fsp3) is 0.150. The summed E-state index contributed by atoms with van der Waals surface area (Å²) in [6.07, 6.45) is -0.0454. The van der Waals surface area contributed by atoms with Gasteiger partial charge in [0.05, 0.1) is 22.0 Å². The molecule has 162 valence electrons. The van der Waals surface area contributed by atoms with Gasteiger partial charge >= 0.3 is 0 Å². The fourth-order valence-corrected chi connectivity index (χ4v) is 4.65. The molecule has 0 aliphatic carbocycles. The number of aromatic nitrogens is 1. The Morgan fingerprint density at radius 3 is 2.55 bits per heavy atom. The van der Waals surface area contributed by atoms with E-state index < -0.39 is 21.8 Å². The predicted molar refractivity (Wildman–Crippen MR) is 119 cm³/mol. The first-order valence-electron chi connectivity index (χ1n) is 8.99. The molecule has 0 atom stereocenters. The van der Waals surface area contributed by atoms with Crippen LogP contribution >= 0.6 is 22.9 Å². The summed E-state index contributed by atoms with van der Waals surface area (Å²) in [5, 5.41) is 3.00. The van der Waals surface area contributed by atoms with E-state index in [4.69, 9.17) is 11.6 Å². The molecular formula is C20H19ClN4O4S2. The van der Waals surface area contributed by atoms with E-state index in [9.17, 15) is 18.0 Å². The zero-order valence-electron chi connectivity index (χ0n) is 16.6. The highest BCUT2D eigenvalue weighted by atomic mass is 35.5. The summed E-state index contributed by atoms with van der Waals surface area (Å²) >= 11 is 7.54. The Bertz CT molecular complexity index is 1230. The largest absolute Gasteiger partial charge is 0.273 e. The van der Waals surface area contributed by atoms with Gasteiger partial charge in [-0.1, -0.05) is 35.9 Å². The number of hydrogen-bond donors (Lipinski definition) is 2. The second kappa shape index (κ2) is 9.56. The predicted octanol–water partition coefficient (Wildman–Crippen LogP) is 2.72. The summed E-state index contributed by atoms with van der Waals surface area (Å²) in [5.74, 6) is -1.11. The monoisotopic (exact) mass is 478 g/mol. The molecule has 0 radical (unpaired) electrons. The van der Waals surface area contributed by atoms with Crippen LogP contribution in [-0.4, -0.2) is 43.6 Å². The van der Waals surface area contributed by atoms with E-state index in [0.717, 1.165) is 9.87 Å². The molecule has 3 rings (SSSR count). The lowest BCUT2D eigenvalue weighted by molar-refractivity contribution is -0.121. The first-order valence-corrected chi connectivity index (χ1v) is 11.7. The molecule has 0 saturated heterocycles. The van der Waals surface area contributed by atoms with Crippen LogP contribution in [0.3, 0.4) is 0 Å². The van der Waals surface area contributed by atoms with Crippen molar-refractivity contribution in [3.05, 3.63) is 70.2 Å². The number of hydrazine groups is 1. The van der Waals surface area contributed by atoms with Gasteiger partial charge < -0.3 is 0 Å². The molecule has 3 aromatic rings. The average molecular weight is 479 g/mol. The highest BCUT2D eigenvalue weighted by Gasteiger charge is 2.19. The van der Waals surface area contributed by atoms with Gasteiger partial charge in [-0.3, -0.25) is 20.4 Å². The van der Waals surface area contributed by atoms with Crippen LogP contribution in [-0.2, 0) is 21.2 Å². The van der Waals surface area contributed by atoms with Crippen LogP contribution in [0.2, 0.25) is 5.02 Å². The maximum atomic E-state index is 12.3. The van der Waals surface area contributed by atoms with Crippen molar-refractivity contribution in [2.45, 2.75) is 11.3 Å². The van der Waals surface area contributed by atoms with Gasteiger partial charge in [0.2, 0.25) is 15.9 Å². The molecule has 2 N–H and O–H groups in total. The van der Waals surface area contributed by atoms with Crippen molar-refractivity contribution in [3.63, 3.8) is 0 Å². The minimum absolute atomic E-state index is 0.0222. The Balaban J connectivity index is 1.61. The Labute approximate surface area is 188 Å². The van der Waals surface area contributed by atoms with Gasteiger partial charge in [0.25, 0.3) is 5.91 Å². The maximum absolute atomic E-state index is 12.3. The highest BCUT2D eigenvalue weighted by Crippen LogP contribution is 2.30. The molecular weight excluding hydrogens is 460 g/mol. The van der Waals surface area contributed by atoms with E-state index in [1.54, 1.807) is 11.4 Å². The first-order chi connectivity index (χ1) is 14.7. The summed E-state index contributed by atoms with van der Waals surface area (Å²) in [6.45, 7) is 0. The molecule has 0 aliphatic rings. The molecule has 11 heteroatoms. The van der Waals surface area contributed by atoms with Crippen molar-refractivity contribution in [1.82, 2.24) is 20.1 Å². The van der Waals surface area contributed by atoms with Gasteiger partial charge in [0.1, 0.15) is 5.01 Å². The second-order valence-corrected chi connectivity index (χ2v) is 10.0. The summed E-state index contributed by atoms with van der Waals surface area (Å²) in [4.78, 5) is 28.9. The third kappa shape index (κ3) is 5.47. The number of carbonyl (C=O) groups is 2. The Hall–Kier alpha value is -2.79. The van der Waals surface area contributed by atoms with Gasteiger partial charge in [-0.05, 0) is 24.3 Å². The number of nitrogens with one attached hydrogen (secondary N) is 2. The molecule has 2 amide bonds. The Morgan fingerprint density at radius 1 is 1.10 bits per heavy atom. The lowest BCUT2D eigenvalue weighted by Crippen LogP contribution is -2.42. The van der Waals surface area contributed by atoms with Gasteiger partial charge in [0.15, 0.2) is 0 Å². The van der Waals surface area contributed by atoms with Crippen LogP contribution in [0, 0.1) is 0 Å². The molecule has 0 saturated carbocycles. The second-order valence-electron chi connectivity index (χ2n) is 6.62. The Morgan fingerprint density at radius 2 is 1.84 bits per heavy atom. The molecule has 0 aliphatic heterocycles. The van der Waals surface area contributed by atoms with Gasteiger partial charge in [-0.15, -0.1) is 11.3 Å². The summed E-state index contributed by atoms with van der Waals surface area (Å²) in [5.41, 5.74) is 6.00. The number of halogens is 1. The van der Waals surface area contributed by atoms with E-state index in [1.807, 2.05) is 18.2 Å². The van der Waals surface area contributed by atoms with Gasteiger partial charge in [-0.2, -0.15) is 0 Å². The number of amides is 2. The third-order valence-corrected chi connectivity index (χ3v) is 7.25.